The summed E-state index contributed by atoms with van der Waals surface area (Å²) in [5.74, 6) is 0. The van der Waals surface area contributed by atoms with E-state index in [2.05, 4.69) is 5.10 Å². The summed E-state index contributed by atoms with van der Waals surface area (Å²) in [6.45, 7) is 3.04. The van der Waals surface area contributed by atoms with Crippen molar-refractivity contribution < 1.29 is 26.7 Å². The molecule has 0 aliphatic carbocycles. The molecule has 0 amide bonds. The van der Waals surface area contributed by atoms with E-state index in [9.17, 15) is 26.7 Å². The lowest BCUT2D eigenvalue weighted by molar-refractivity contribution is -0.137. The number of aromatic nitrogens is 2. The van der Waals surface area contributed by atoms with Gasteiger partial charge < -0.3 is 5.11 Å². The number of nitrogens with zero attached hydrogens (tertiary/aromatic N) is 2. The maximum atomic E-state index is 13.4. The van der Waals surface area contributed by atoms with Gasteiger partial charge in [-0.25, -0.2) is 13.1 Å². The predicted molar refractivity (Wildman–Crippen MR) is 131 cm³/mol. The third-order valence-corrected chi connectivity index (χ3v) is 7.83. The summed E-state index contributed by atoms with van der Waals surface area (Å²) in [4.78, 5) is 1.56. The van der Waals surface area contributed by atoms with E-state index >= 15 is 0 Å². The van der Waals surface area contributed by atoms with Crippen LogP contribution in [0.5, 0.6) is 0 Å². The fraction of sp³-hybridized carbons (Fsp3) is 0.208. The standard InChI is InChI=1S/C24H20ClF3N2O3S2/c1-23(2,31)22-13-19(30(29-22)18-12-15(24(26,27)28)7-8-17(18)25)21-10-9-20(34-21)14-5-4-6-16(11-14)35(3,32)33/h4-13,31H,1-3H3. The van der Waals surface area contributed by atoms with Crippen LogP contribution < -0.4 is 0 Å². The molecule has 2 aromatic heterocycles. The number of halogens is 4. The number of aliphatic hydroxyl groups is 1. The number of alkyl halides is 3. The normalized spacial score (nSPS) is 12.8. The molecule has 5 nitrogen and oxygen atoms in total. The van der Waals surface area contributed by atoms with E-state index in [4.69, 9.17) is 11.6 Å². The van der Waals surface area contributed by atoms with Crippen molar-refractivity contribution >= 4 is 32.8 Å². The van der Waals surface area contributed by atoms with Crippen molar-refractivity contribution in [3.8, 4) is 26.7 Å². The highest BCUT2D eigenvalue weighted by Crippen LogP contribution is 2.39. The Hall–Kier alpha value is -2.66. The van der Waals surface area contributed by atoms with Gasteiger partial charge in [-0.1, -0.05) is 23.7 Å². The average molecular weight is 541 g/mol. The second-order valence-corrected chi connectivity index (χ2v) is 12.0. The smallest absolute Gasteiger partial charge is 0.384 e. The van der Waals surface area contributed by atoms with E-state index in [1.165, 1.54) is 35.9 Å². The van der Waals surface area contributed by atoms with Gasteiger partial charge in [0.1, 0.15) is 5.60 Å². The molecule has 4 aromatic rings. The summed E-state index contributed by atoms with van der Waals surface area (Å²) in [6.07, 6.45) is -3.45. The minimum absolute atomic E-state index is 0.0148. The van der Waals surface area contributed by atoms with Crippen molar-refractivity contribution in [1.82, 2.24) is 9.78 Å². The van der Waals surface area contributed by atoms with Crippen LogP contribution in [0.4, 0.5) is 13.2 Å². The van der Waals surface area contributed by atoms with Crippen molar-refractivity contribution in [2.75, 3.05) is 6.26 Å². The summed E-state index contributed by atoms with van der Waals surface area (Å²) in [7, 11) is -3.40. The topological polar surface area (TPSA) is 72.2 Å². The number of hydrogen-bond donors (Lipinski definition) is 1. The number of hydrogen-bond acceptors (Lipinski definition) is 5. The van der Waals surface area contributed by atoms with Crippen LogP contribution in [0, 0.1) is 0 Å². The van der Waals surface area contributed by atoms with E-state index in [0.717, 1.165) is 29.3 Å². The molecule has 1 N–H and O–H groups in total. The summed E-state index contributed by atoms with van der Waals surface area (Å²) in [5.41, 5.74) is -0.879. The molecule has 4 rings (SSSR count). The van der Waals surface area contributed by atoms with Crippen molar-refractivity contribution in [2.24, 2.45) is 0 Å². The first-order valence-electron chi connectivity index (χ1n) is 10.3. The van der Waals surface area contributed by atoms with Crippen LogP contribution in [0.25, 0.3) is 26.7 Å². The lowest BCUT2D eigenvalue weighted by atomic mass is 10.1. The van der Waals surface area contributed by atoms with Crippen LogP contribution in [-0.2, 0) is 21.6 Å². The maximum Gasteiger partial charge on any atom is 0.416 e. The Bertz CT molecular complexity index is 1520. The van der Waals surface area contributed by atoms with E-state index < -0.39 is 27.2 Å². The van der Waals surface area contributed by atoms with Gasteiger partial charge in [-0.3, -0.25) is 0 Å². The summed E-state index contributed by atoms with van der Waals surface area (Å²) < 4.78 is 65.3. The Kier molecular flexibility index (Phi) is 6.38. The lowest BCUT2D eigenvalue weighted by Gasteiger charge is -2.14. The first-order valence-corrected chi connectivity index (χ1v) is 13.3. The van der Waals surface area contributed by atoms with Crippen LogP contribution in [0.3, 0.4) is 0 Å². The van der Waals surface area contributed by atoms with Gasteiger partial charge in [0, 0.05) is 11.1 Å². The molecule has 35 heavy (non-hydrogen) atoms. The molecular weight excluding hydrogens is 521 g/mol. The lowest BCUT2D eigenvalue weighted by Crippen LogP contribution is -2.16. The molecule has 11 heteroatoms. The van der Waals surface area contributed by atoms with Crippen LogP contribution in [0.1, 0.15) is 25.1 Å². The molecule has 0 unspecified atom stereocenters. The minimum atomic E-state index is -4.58. The zero-order chi connectivity index (χ0) is 25.8. The summed E-state index contributed by atoms with van der Waals surface area (Å²) in [6, 6.07) is 14.6. The summed E-state index contributed by atoms with van der Waals surface area (Å²) in [5, 5.41) is 15.0. The fourth-order valence-corrected chi connectivity index (χ4v) is 5.27. The number of thiophene rings is 1. The van der Waals surface area contributed by atoms with Gasteiger partial charge in [0.15, 0.2) is 9.84 Å². The van der Waals surface area contributed by atoms with E-state index in [1.54, 1.807) is 36.4 Å². The van der Waals surface area contributed by atoms with Gasteiger partial charge in [0.25, 0.3) is 0 Å². The van der Waals surface area contributed by atoms with Crippen molar-refractivity contribution in [3.05, 3.63) is 76.9 Å². The van der Waals surface area contributed by atoms with Crippen LogP contribution in [-0.4, -0.2) is 29.6 Å². The number of rotatable bonds is 5. The molecule has 0 radical (unpaired) electrons. The second-order valence-electron chi connectivity index (χ2n) is 8.51. The molecular formula is C24H20ClF3N2O3S2. The van der Waals surface area contributed by atoms with Gasteiger partial charge in [0.05, 0.1) is 37.4 Å². The minimum Gasteiger partial charge on any atom is -0.384 e. The highest BCUT2D eigenvalue weighted by molar-refractivity contribution is 7.90. The molecule has 0 fully saturated rings. The molecule has 0 aliphatic rings. The predicted octanol–water partition coefficient (Wildman–Crippen LogP) is 6.57. The van der Waals surface area contributed by atoms with Gasteiger partial charge in [-0.05, 0) is 67.9 Å². The van der Waals surface area contributed by atoms with E-state index in [-0.39, 0.29) is 21.3 Å². The fourth-order valence-electron chi connectivity index (χ4n) is 3.40. The van der Waals surface area contributed by atoms with Crippen molar-refractivity contribution in [1.29, 1.82) is 0 Å². The van der Waals surface area contributed by atoms with Gasteiger partial charge in [-0.2, -0.15) is 18.3 Å². The molecule has 184 valence electrons. The van der Waals surface area contributed by atoms with E-state index in [1.807, 2.05) is 0 Å². The highest BCUT2D eigenvalue weighted by atomic mass is 35.5. The van der Waals surface area contributed by atoms with Gasteiger partial charge >= 0.3 is 6.18 Å². The Labute approximate surface area is 209 Å². The Morgan fingerprint density at radius 3 is 2.31 bits per heavy atom. The SMILES string of the molecule is CC(C)(O)c1cc(-c2ccc(-c3cccc(S(C)(=O)=O)c3)s2)n(-c2cc(C(F)(F)F)ccc2Cl)n1. The zero-order valence-corrected chi connectivity index (χ0v) is 21.1. The summed E-state index contributed by atoms with van der Waals surface area (Å²) >= 11 is 7.59. The average Bonchev–Trinajstić information content (AvgIpc) is 3.40. The second kappa shape index (κ2) is 8.77. The van der Waals surface area contributed by atoms with Crippen LogP contribution in [0.2, 0.25) is 5.02 Å². The quantitative estimate of drug-likeness (QED) is 0.311. The van der Waals surface area contributed by atoms with Crippen LogP contribution in [0.15, 0.2) is 65.6 Å². The third kappa shape index (κ3) is 5.30. The first kappa shape index (κ1) is 25.4. The first-order chi connectivity index (χ1) is 16.1. The Balaban J connectivity index is 1.88. The molecule has 0 saturated carbocycles. The zero-order valence-electron chi connectivity index (χ0n) is 18.8. The molecule has 2 heterocycles. The number of benzene rings is 2. The Morgan fingerprint density at radius 1 is 1.00 bits per heavy atom. The van der Waals surface area contributed by atoms with Crippen LogP contribution >= 0.6 is 22.9 Å². The van der Waals surface area contributed by atoms with Crippen molar-refractivity contribution in [2.45, 2.75) is 30.5 Å². The molecule has 0 aliphatic heterocycles. The number of sulfone groups is 1. The van der Waals surface area contributed by atoms with Crippen molar-refractivity contribution in [3.63, 3.8) is 0 Å². The van der Waals surface area contributed by atoms with Gasteiger partial charge in [0.2, 0.25) is 0 Å². The Morgan fingerprint density at radius 2 is 1.69 bits per heavy atom. The highest BCUT2D eigenvalue weighted by Gasteiger charge is 2.32. The van der Waals surface area contributed by atoms with Gasteiger partial charge in [-0.15, -0.1) is 11.3 Å². The molecule has 0 spiro atoms. The molecule has 2 aromatic carbocycles. The molecule has 0 bridgehead atoms. The largest absolute Gasteiger partial charge is 0.416 e. The monoisotopic (exact) mass is 540 g/mol. The maximum absolute atomic E-state index is 13.4. The molecule has 0 saturated heterocycles. The molecule has 0 atom stereocenters. The van der Waals surface area contributed by atoms with E-state index in [0.29, 0.717) is 16.1 Å². The third-order valence-electron chi connectivity index (χ3n) is 5.24.